The molecule has 0 saturated carbocycles. The summed E-state index contributed by atoms with van der Waals surface area (Å²) in [4.78, 5) is 11.4. The van der Waals surface area contributed by atoms with Gasteiger partial charge in [0.25, 0.3) is 0 Å². The monoisotopic (exact) mass is 282 g/mol. The number of hydrogen-bond donors (Lipinski definition) is 0. The molecule has 0 aromatic heterocycles. The van der Waals surface area contributed by atoms with Crippen LogP contribution in [0.4, 0.5) is 22.0 Å². The minimum Gasteiger partial charge on any atom is -0.434 e. The van der Waals surface area contributed by atoms with Crippen LogP contribution in [-0.4, -0.2) is 12.4 Å². The standard InChI is InChI=1S/C12H11F5O2/c1-3-7-4-5-8(19-11(13)14)9(6(2)18)10(7)12(15,16)17/h4-5,11H,3H2,1-2H3. The lowest BCUT2D eigenvalue weighted by molar-refractivity contribution is -0.139. The number of carbonyl (C=O) groups excluding carboxylic acids is 1. The summed E-state index contributed by atoms with van der Waals surface area (Å²) in [6.45, 7) is -0.948. The molecule has 0 bridgehead atoms. The van der Waals surface area contributed by atoms with E-state index in [1.807, 2.05) is 0 Å². The summed E-state index contributed by atoms with van der Waals surface area (Å²) in [7, 11) is 0. The van der Waals surface area contributed by atoms with Crippen molar-refractivity contribution in [2.24, 2.45) is 0 Å². The fourth-order valence-electron chi connectivity index (χ4n) is 1.79. The molecule has 2 nitrogen and oxygen atoms in total. The van der Waals surface area contributed by atoms with Gasteiger partial charge in [-0.1, -0.05) is 13.0 Å². The third-order valence-electron chi connectivity index (χ3n) is 2.49. The van der Waals surface area contributed by atoms with Gasteiger partial charge in [0.1, 0.15) is 5.75 Å². The van der Waals surface area contributed by atoms with E-state index in [4.69, 9.17) is 0 Å². The second kappa shape index (κ2) is 5.54. The van der Waals surface area contributed by atoms with E-state index >= 15 is 0 Å². The van der Waals surface area contributed by atoms with Gasteiger partial charge in [-0.15, -0.1) is 0 Å². The third-order valence-corrected chi connectivity index (χ3v) is 2.49. The summed E-state index contributed by atoms with van der Waals surface area (Å²) in [6.07, 6.45) is -4.79. The van der Waals surface area contributed by atoms with E-state index in [0.717, 1.165) is 19.1 Å². The van der Waals surface area contributed by atoms with Crippen molar-refractivity contribution in [1.29, 1.82) is 0 Å². The van der Waals surface area contributed by atoms with E-state index in [9.17, 15) is 26.7 Å². The highest BCUT2D eigenvalue weighted by Gasteiger charge is 2.38. The largest absolute Gasteiger partial charge is 0.434 e. The Kier molecular flexibility index (Phi) is 4.49. The molecule has 0 amide bonds. The molecule has 0 spiro atoms. The topological polar surface area (TPSA) is 26.3 Å². The molecule has 0 unspecified atom stereocenters. The molecule has 0 radical (unpaired) electrons. The van der Waals surface area contributed by atoms with Gasteiger partial charge in [-0.05, 0) is 25.0 Å². The van der Waals surface area contributed by atoms with Gasteiger partial charge in [0, 0.05) is 0 Å². The van der Waals surface area contributed by atoms with Gasteiger partial charge in [-0.3, -0.25) is 4.79 Å². The molecule has 1 aromatic carbocycles. The Hall–Kier alpha value is -1.66. The lowest BCUT2D eigenvalue weighted by atomic mass is 9.95. The van der Waals surface area contributed by atoms with Crippen LogP contribution >= 0.6 is 0 Å². The van der Waals surface area contributed by atoms with Crippen LogP contribution in [0.1, 0.15) is 35.3 Å². The summed E-state index contributed by atoms with van der Waals surface area (Å²) in [5.41, 5.74) is -2.20. The van der Waals surface area contributed by atoms with Crippen molar-refractivity contribution in [1.82, 2.24) is 0 Å². The lowest BCUT2D eigenvalue weighted by Gasteiger charge is -2.18. The SMILES string of the molecule is CCc1ccc(OC(F)F)c(C(C)=O)c1C(F)(F)F. The second-order valence-electron chi connectivity index (χ2n) is 3.76. The molecule has 106 valence electrons. The van der Waals surface area contributed by atoms with E-state index in [0.29, 0.717) is 0 Å². The van der Waals surface area contributed by atoms with Crippen molar-refractivity contribution in [3.05, 3.63) is 28.8 Å². The molecule has 0 aliphatic heterocycles. The maximum Gasteiger partial charge on any atom is 0.417 e. The molecular weight excluding hydrogens is 271 g/mol. The highest BCUT2D eigenvalue weighted by Crippen LogP contribution is 2.39. The Morgan fingerprint density at radius 3 is 2.26 bits per heavy atom. The second-order valence-corrected chi connectivity index (χ2v) is 3.76. The van der Waals surface area contributed by atoms with E-state index in [-0.39, 0.29) is 12.0 Å². The van der Waals surface area contributed by atoms with Crippen LogP contribution in [0.15, 0.2) is 12.1 Å². The van der Waals surface area contributed by atoms with Crippen LogP contribution < -0.4 is 4.74 Å². The molecule has 7 heteroatoms. The van der Waals surface area contributed by atoms with Gasteiger partial charge >= 0.3 is 12.8 Å². The van der Waals surface area contributed by atoms with Crippen LogP contribution in [0.3, 0.4) is 0 Å². The minimum atomic E-state index is -4.81. The number of rotatable bonds is 4. The van der Waals surface area contributed by atoms with Crippen LogP contribution in [-0.2, 0) is 12.6 Å². The van der Waals surface area contributed by atoms with E-state index in [1.54, 1.807) is 0 Å². The molecule has 0 aliphatic rings. The molecule has 0 aliphatic carbocycles. The zero-order valence-corrected chi connectivity index (χ0v) is 10.1. The molecule has 0 atom stereocenters. The first-order chi connectivity index (χ1) is 8.68. The summed E-state index contributed by atoms with van der Waals surface area (Å²) in [5, 5.41) is 0. The summed E-state index contributed by atoms with van der Waals surface area (Å²) >= 11 is 0. The number of aryl methyl sites for hydroxylation is 1. The molecular formula is C12H11F5O2. The van der Waals surface area contributed by atoms with E-state index < -0.39 is 35.4 Å². The maximum atomic E-state index is 13.0. The van der Waals surface area contributed by atoms with Crippen LogP contribution in [0, 0.1) is 0 Å². The Morgan fingerprint density at radius 1 is 1.32 bits per heavy atom. The van der Waals surface area contributed by atoms with Gasteiger partial charge in [-0.2, -0.15) is 22.0 Å². The number of ketones is 1. The predicted octanol–water partition coefficient (Wildman–Crippen LogP) is 4.07. The number of halogens is 5. The number of ether oxygens (including phenoxy) is 1. The average molecular weight is 282 g/mol. The van der Waals surface area contributed by atoms with Crippen molar-refractivity contribution in [3.63, 3.8) is 0 Å². The van der Waals surface area contributed by atoms with Crippen molar-refractivity contribution < 1.29 is 31.5 Å². The van der Waals surface area contributed by atoms with Crippen molar-refractivity contribution >= 4 is 5.78 Å². The van der Waals surface area contributed by atoms with Crippen molar-refractivity contribution in [3.8, 4) is 5.75 Å². The molecule has 0 heterocycles. The maximum absolute atomic E-state index is 13.0. The molecule has 1 rings (SSSR count). The molecule has 19 heavy (non-hydrogen) atoms. The van der Waals surface area contributed by atoms with Crippen molar-refractivity contribution in [2.75, 3.05) is 0 Å². The number of carbonyl (C=O) groups is 1. The van der Waals surface area contributed by atoms with Crippen molar-refractivity contribution in [2.45, 2.75) is 33.1 Å². The first kappa shape index (κ1) is 15.4. The van der Waals surface area contributed by atoms with Crippen LogP contribution in [0.25, 0.3) is 0 Å². The van der Waals surface area contributed by atoms with Gasteiger partial charge in [0.05, 0.1) is 11.1 Å². The van der Waals surface area contributed by atoms with Gasteiger partial charge < -0.3 is 4.74 Å². The van der Waals surface area contributed by atoms with Gasteiger partial charge in [0.2, 0.25) is 0 Å². The molecule has 0 N–H and O–H groups in total. The number of Topliss-reactive ketones (excluding diaryl/α,β-unsaturated/α-hetero) is 1. The predicted molar refractivity (Wildman–Crippen MR) is 57.5 cm³/mol. The highest BCUT2D eigenvalue weighted by molar-refractivity contribution is 5.99. The summed E-state index contributed by atoms with van der Waals surface area (Å²) < 4.78 is 67.2. The highest BCUT2D eigenvalue weighted by atomic mass is 19.4. The zero-order valence-electron chi connectivity index (χ0n) is 10.1. The Balaban J connectivity index is 3.58. The zero-order chi connectivity index (χ0) is 14.8. The number of alkyl halides is 5. The van der Waals surface area contributed by atoms with Gasteiger partial charge in [0.15, 0.2) is 5.78 Å². The Morgan fingerprint density at radius 2 is 1.89 bits per heavy atom. The van der Waals surface area contributed by atoms with Crippen LogP contribution in [0.2, 0.25) is 0 Å². The molecule has 0 saturated heterocycles. The number of benzene rings is 1. The first-order valence-corrected chi connectivity index (χ1v) is 5.37. The minimum absolute atomic E-state index is 0.0179. The normalized spacial score (nSPS) is 11.8. The quantitative estimate of drug-likeness (QED) is 0.614. The molecule has 0 fully saturated rings. The fourth-order valence-corrected chi connectivity index (χ4v) is 1.79. The summed E-state index contributed by atoms with van der Waals surface area (Å²) in [5.74, 6) is -1.73. The Labute approximate surface area is 106 Å². The molecule has 1 aromatic rings. The van der Waals surface area contributed by atoms with Gasteiger partial charge in [-0.25, -0.2) is 0 Å². The first-order valence-electron chi connectivity index (χ1n) is 5.37. The van der Waals surface area contributed by atoms with E-state index in [2.05, 4.69) is 4.74 Å². The smallest absolute Gasteiger partial charge is 0.417 e. The third kappa shape index (κ3) is 3.42. The van der Waals surface area contributed by atoms with E-state index in [1.165, 1.54) is 6.92 Å². The number of hydrogen-bond acceptors (Lipinski definition) is 2. The van der Waals surface area contributed by atoms with Crippen LogP contribution in [0.5, 0.6) is 5.75 Å². The lowest BCUT2D eigenvalue weighted by Crippen LogP contribution is -2.17. The average Bonchev–Trinajstić information content (AvgIpc) is 2.25. The fraction of sp³-hybridized carbons (Fsp3) is 0.417. The summed E-state index contributed by atoms with van der Waals surface area (Å²) in [6, 6.07) is 1.99. The Bertz CT molecular complexity index is 480.